The van der Waals surface area contributed by atoms with Gasteiger partial charge in [0.1, 0.15) is 0 Å². The second kappa shape index (κ2) is 10.5. The van der Waals surface area contributed by atoms with Crippen molar-refractivity contribution in [2.75, 3.05) is 0 Å². The van der Waals surface area contributed by atoms with Crippen LogP contribution in [0.4, 0.5) is 0 Å². The van der Waals surface area contributed by atoms with Crippen molar-refractivity contribution in [3.05, 3.63) is 144 Å². The first-order valence-corrected chi connectivity index (χ1v) is 16.3. The van der Waals surface area contributed by atoms with E-state index in [9.17, 15) is 0 Å². The molecule has 6 heteroatoms. The van der Waals surface area contributed by atoms with Crippen LogP contribution in [0.5, 0.6) is 0 Å². The zero-order valence-corrected chi connectivity index (χ0v) is 26.3. The van der Waals surface area contributed by atoms with Crippen LogP contribution in [0.25, 0.3) is 81.8 Å². The summed E-state index contributed by atoms with van der Waals surface area (Å²) in [5.41, 5.74) is 6.16. The highest BCUT2D eigenvalue weighted by atomic mass is 79.9. The zero-order valence-electron chi connectivity index (χ0n) is 23.9. The standard InChI is InChI=1S/C39H23BrN4S/c40-27-20-26(21-28(23-27)44-33-15-7-4-12-29(33)30-13-5-8-16-34(30)44)39-42-37(24-10-2-1-3-11-24)41-38(43-39)25-18-19-32-31-14-6-9-17-35(31)45-36(32)22-25/h1-23H. The van der Waals surface area contributed by atoms with Crippen molar-refractivity contribution in [3.8, 4) is 39.9 Å². The predicted octanol–water partition coefficient (Wildman–Crippen LogP) is 11.1. The summed E-state index contributed by atoms with van der Waals surface area (Å²) in [4.78, 5) is 15.1. The molecule has 0 aliphatic carbocycles. The second-order valence-electron chi connectivity index (χ2n) is 11.0. The molecule has 6 aromatic carbocycles. The van der Waals surface area contributed by atoms with Crippen molar-refractivity contribution >= 4 is 69.2 Å². The summed E-state index contributed by atoms with van der Waals surface area (Å²) in [6.45, 7) is 0. The molecule has 0 amide bonds. The maximum atomic E-state index is 5.10. The van der Waals surface area contributed by atoms with Crippen LogP contribution in [0.2, 0.25) is 0 Å². The molecule has 0 saturated heterocycles. The Morgan fingerprint density at radius 3 is 1.76 bits per heavy atom. The maximum Gasteiger partial charge on any atom is 0.164 e. The van der Waals surface area contributed by atoms with Crippen LogP contribution in [0, 0.1) is 0 Å². The van der Waals surface area contributed by atoms with Gasteiger partial charge in [0.25, 0.3) is 0 Å². The third-order valence-corrected chi connectivity index (χ3v) is 9.87. The molecule has 0 saturated carbocycles. The van der Waals surface area contributed by atoms with E-state index in [-0.39, 0.29) is 0 Å². The number of rotatable bonds is 4. The number of halogens is 1. The van der Waals surface area contributed by atoms with E-state index in [2.05, 4.69) is 130 Å². The maximum absolute atomic E-state index is 5.10. The summed E-state index contributed by atoms with van der Waals surface area (Å²) in [6.07, 6.45) is 0. The molecule has 0 spiro atoms. The molecule has 0 unspecified atom stereocenters. The second-order valence-corrected chi connectivity index (χ2v) is 13.0. The Morgan fingerprint density at radius 1 is 0.444 bits per heavy atom. The Morgan fingerprint density at radius 2 is 1.02 bits per heavy atom. The van der Waals surface area contributed by atoms with Gasteiger partial charge < -0.3 is 4.57 Å². The Kier molecular flexibility index (Phi) is 6.11. The number of hydrogen-bond acceptors (Lipinski definition) is 4. The lowest BCUT2D eigenvalue weighted by molar-refractivity contribution is 1.07. The van der Waals surface area contributed by atoms with Crippen LogP contribution in [-0.4, -0.2) is 19.5 Å². The van der Waals surface area contributed by atoms with Gasteiger partial charge in [-0.1, -0.05) is 113 Å². The molecule has 9 rings (SSSR count). The highest BCUT2D eigenvalue weighted by molar-refractivity contribution is 9.10. The van der Waals surface area contributed by atoms with Crippen LogP contribution in [0.3, 0.4) is 0 Å². The molecule has 45 heavy (non-hydrogen) atoms. The normalized spacial score (nSPS) is 11.7. The van der Waals surface area contributed by atoms with Crippen molar-refractivity contribution in [3.63, 3.8) is 0 Å². The summed E-state index contributed by atoms with van der Waals surface area (Å²) < 4.78 is 5.76. The van der Waals surface area contributed by atoms with Crippen LogP contribution in [0.15, 0.2) is 144 Å². The molecule has 0 N–H and O–H groups in total. The van der Waals surface area contributed by atoms with Gasteiger partial charge in [0.2, 0.25) is 0 Å². The molecule has 4 nitrogen and oxygen atoms in total. The molecule has 212 valence electrons. The lowest BCUT2D eigenvalue weighted by Crippen LogP contribution is -2.01. The van der Waals surface area contributed by atoms with Gasteiger partial charge in [-0.25, -0.2) is 15.0 Å². The Hall–Kier alpha value is -5.17. The molecule has 0 fully saturated rings. The van der Waals surface area contributed by atoms with E-state index >= 15 is 0 Å². The number of thiophene rings is 1. The van der Waals surface area contributed by atoms with E-state index < -0.39 is 0 Å². The Balaban J connectivity index is 1.25. The highest BCUT2D eigenvalue weighted by Crippen LogP contribution is 2.37. The lowest BCUT2D eigenvalue weighted by Gasteiger charge is -2.12. The van der Waals surface area contributed by atoms with Gasteiger partial charge >= 0.3 is 0 Å². The molecule has 9 aromatic rings. The third-order valence-electron chi connectivity index (χ3n) is 8.28. The summed E-state index contributed by atoms with van der Waals surface area (Å²) in [5.74, 6) is 1.92. The van der Waals surface area contributed by atoms with Gasteiger partial charge in [-0.15, -0.1) is 11.3 Å². The summed E-state index contributed by atoms with van der Waals surface area (Å²) in [5, 5.41) is 4.97. The fraction of sp³-hybridized carbons (Fsp3) is 0. The SMILES string of the molecule is Brc1cc(-c2nc(-c3ccccc3)nc(-c3ccc4c(c3)sc3ccccc34)n2)cc(-n2c3ccccc3c3ccccc32)c1. The van der Waals surface area contributed by atoms with Crippen molar-refractivity contribution in [2.24, 2.45) is 0 Å². The molecule has 3 aromatic heterocycles. The zero-order chi connectivity index (χ0) is 29.9. The van der Waals surface area contributed by atoms with E-state index in [0.717, 1.165) is 37.9 Å². The number of nitrogens with zero attached hydrogens (tertiary/aromatic N) is 4. The number of para-hydroxylation sites is 2. The first kappa shape index (κ1) is 26.3. The number of benzene rings is 6. The Labute approximate surface area is 271 Å². The fourth-order valence-corrected chi connectivity index (χ4v) is 7.88. The first-order chi connectivity index (χ1) is 22.2. The van der Waals surface area contributed by atoms with Crippen LogP contribution < -0.4 is 0 Å². The lowest BCUT2D eigenvalue weighted by atomic mass is 10.1. The third kappa shape index (κ3) is 4.45. The topological polar surface area (TPSA) is 43.6 Å². The number of aromatic nitrogens is 4. The van der Waals surface area contributed by atoms with Crippen molar-refractivity contribution in [1.29, 1.82) is 0 Å². The van der Waals surface area contributed by atoms with Crippen LogP contribution in [0.1, 0.15) is 0 Å². The first-order valence-electron chi connectivity index (χ1n) is 14.7. The van der Waals surface area contributed by atoms with E-state index in [1.54, 1.807) is 11.3 Å². The minimum Gasteiger partial charge on any atom is -0.309 e. The predicted molar refractivity (Wildman–Crippen MR) is 191 cm³/mol. The van der Waals surface area contributed by atoms with E-state index in [1.807, 2.05) is 30.3 Å². The fourth-order valence-electron chi connectivity index (χ4n) is 6.25. The van der Waals surface area contributed by atoms with Crippen molar-refractivity contribution < 1.29 is 0 Å². The molecule has 0 atom stereocenters. The van der Waals surface area contributed by atoms with Gasteiger partial charge in [0.05, 0.1) is 11.0 Å². The summed E-state index contributed by atoms with van der Waals surface area (Å²) in [7, 11) is 0. The number of hydrogen-bond donors (Lipinski definition) is 0. The van der Waals surface area contributed by atoms with Gasteiger partial charge in [-0.3, -0.25) is 0 Å². The van der Waals surface area contributed by atoms with E-state index in [1.165, 1.54) is 30.9 Å². The average Bonchev–Trinajstić information content (AvgIpc) is 3.63. The molecule has 0 bridgehead atoms. The van der Waals surface area contributed by atoms with Gasteiger partial charge in [0, 0.05) is 57.8 Å². The van der Waals surface area contributed by atoms with Crippen LogP contribution >= 0.6 is 27.3 Å². The van der Waals surface area contributed by atoms with Crippen molar-refractivity contribution in [2.45, 2.75) is 0 Å². The summed E-state index contributed by atoms with van der Waals surface area (Å²) in [6, 6.07) is 48.7. The monoisotopic (exact) mass is 658 g/mol. The number of fused-ring (bicyclic) bond motifs is 6. The van der Waals surface area contributed by atoms with Gasteiger partial charge in [-0.2, -0.15) is 0 Å². The molecule has 3 heterocycles. The summed E-state index contributed by atoms with van der Waals surface area (Å²) >= 11 is 5.61. The van der Waals surface area contributed by atoms with Gasteiger partial charge in [-0.05, 0) is 42.5 Å². The average molecular weight is 660 g/mol. The van der Waals surface area contributed by atoms with Gasteiger partial charge in [0.15, 0.2) is 17.5 Å². The van der Waals surface area contributed by atoms with Crippen LogP contribution in [-0.2, 0) is 0 Å². The van der Waals surface area contributed by atoms with E-state index in [4.69, 9.17) is 15.0 Å². The van der Waals surface area contributed by atoms with Crippen molar-refractivity contribution in [1.82, 2.24) is 19.5 Å². The Bertz CT molecular complexity index is 2510. The quantitative estimate of drug-likeness (QED) is 0.189. The molecule has 0 radical (unpaired) electrons. The largest absolute Gasteiger partial charge is 0.309 e. The smallest absolute Gasteiger partial charge is 0.164 e. The molecular weight excluding hydrogens is 636 g/mol. The molecule has 0 aliphatic rings. The molecule has 0 aliphatic heterocycles. The minimum absolute atomic E-state index is 0.624. The van der Waals surface area contributed by atoms with E-state index in [0.29, 0.717) is 17.5 Å². The minimum atomic E-state index is 0.624. The highest BCUT2D eigenvalue weighted by Gasteiger charge is 2.17. The molecular formula is C39H23BrN4S.